The van der Waals surface area contributed by atoms with Crippen LogP contribution in [0.4, 0.5) is 0 Å². The lowest BCUT2D eigenvalue weighted by Crippen LogP contribution is -2.43. The molecule has 0 bridgehead atoms. The van der Waals surface area contributed by atoms with E-state index in [1.807, 2.05) is 4.90 Å². The fourth-order valence-corrected chi connectivity index (χ4v) is 3.16. The molecule has 0 aromatic heterocycles. The number of carbonyl (C=O) groups excluding carboxylic acids is 1. The lowest BCUT2D eigenvalue weighted by atomic mass is 9.68. The fraction of sp³-hybridized carbons (Fsp3) is 0.923. The van der Waals surface area contributed by atoms with E-state index >= 15 is 0 Å². The highest BCUT2D eigenvalue weighted by molar-refractivity contribution is 5.80. The molecule has 2 N–H and O–H groups in total. The van der Waals surface area contributed by atoms with Gasteiger partial charge in [-0.2, -0.15) is 0 Å². The summed E-state index contributed by atoms with van der Waals surface area (Å²) in [7, 11) is 0. The molecule has 3 nitrogen and oxygen atoms in total. The van der Waals surface area contributed by atoms with Crippen LogP contribution in [-0.2, 0) is 4.79 Å². The van der Waals surface area contributed by atoms with Crippen molar-refractivity contribution in [1.29, 1.82) is 0 Å². The first-order valence-corrected chi connectivity index (χ1v) is 6.55. The van der Waals surface area contributed by atoms with Crippen LogP contribution in [0, 0.1) is 11.3 Å². The zero-order valence-corrected chi connectivity index (χ0v) is 10.5. The van der Waals surface area contributed by atoms with E-state index in [9.17, 15) is 4.79 Å². The maximum absolute atomic E-state index is 12.4. The molecule has 1 saturated heterocycles. The first-order chi connectivity index (χ1) is 7.50. The number of hydrogen-bond donors (Lipinski definition) is 1. The molecule has 16 heavy (non-hydrogen) atoms. The van der Waals surface area contributed by atoms with Crippen LogP contribution in [0.15, 0.2) is 0 Å². The highest BCUT2D eigenvalue weighted by Gasteiger charge is 2.40. The topological polar surface area (TPSA) is 46.3 Å². The summed E-state index contributed by atoms with van der Waals surface area (Å²) in [5.41, 5.74) is 6.05. The fourth-order valence-electron chi connectivity index (χ4n) is 3.16. The predicted molar refractivity (Wildman–Crippen MR) is 64.9 cm³/mol. The third kappa shape index (κ3) is 2.24. The van der Waals surface area contributed by atoms with Crippen LogP contribution in [0.25, 0.3) is 0 Å². The molecular formula is C13H24N2O. The van der Waals surface area contributed by atoms with Gasteiger partial charge in [-0.25, -0.2) is 0 Å². The molecule has 2 fully saturated rings. The first kappa shape index (κ1) is 11.9. The van der Waals surface area contributed by atoms with Crippen molar-refractivity contribution >= 4 is 5.91 Å². The van der Waals surface area contributed by atoms with Crippen molar-refractivity contribution in [1.82, 2.24) is 4.90 Å². The van der Waals surface area contributed by atoms with E-state index in [-0.39, 0.29) is 17.4 Å². The average molecular weight is 224 g/mol. The van der Waals surface area contributed by atoms with Crippen LogP contribution in [0.2, 0.25) is 0 Å². The van der Waals surface area contributed by atoms with Crippen LogP contribution in [0.3, 0.4) is 0 Å². The van der Waals surface area contributed by atoms with Crippen LogP contribution < -0.4 is 5.73 Å². The van der Waals surface area contributed by atoms with Crippen LogP contribution in [0.1, 0.15) is 46.0 Å². The van der Waals surface area contributed by atoms with E-state index in [2.05, 4.69) is 13.8 Å². The van der Waals surface area contributed by atoms with Gasteiger partial charge in [0.25, 0.3) is 0 Å². The number of nitrogens with two attached hydrogens (primary N) is 1. The SMILES string of the molecule is CC1(C)CCCCC1C(=O)N1CCC(N)C1. The number of nitrogens with zero attached hydrogens (tertiary/aromatic N) is 1. The smallest absolute Gasteiger partial charge is 0.226 e. The Bertz CT molecular complexity index is 275. The lowest BCUT2D eigenvalue weighted by Gasteiger charge is -2.39. The number of amides is 1. The minimum atomic E-state index is 0.183. The molecule has 1 saturated carbocycles. The van der Waals surface area contributed by atoms with Gasteiger partial charge in [0.05, 0.1) is 0 Å². The molecule has 1 aliphatic heterocycles. The Hall–Kier alpha value is -0.570. The average Bonchev–Trinajstić information content (AvgIpc) is 2.63. The molecule has 1 amide bonds. The van der Waals surface area contributed by atoms with E-state index < -0.39 is 0 Å². The quantitative estimate of drug-likeness (QED) is 0.737. The van der Waals surface area contributed by atoms with Crippen molar-refractivity contribution in [3.05, 3.63) is 0 Å². The van der Waals surface area contributed by atoms with Crippen molar-refractivity contribution in [2.24, 2.45) is 17.1 Å². The van der Waals surface area contributed by atoms with Crippen LogP contribution in [0.5, 0.6) is 0 Å². The lowest BCUT2D eigenvalue weighted by molar-refractivity contribution is -0.140. The van der Waals surface area contributed by atoms with E-state index in [1.54, 1.807) is 0 Å². The minimum absolute atomic E-state index is 0.183. The van der Waals surface area contributed by atoms with E-state index in [0.29, 0.717) is 5.91 Å². The van der Waals surface area contributed by atoms with E-state index in [4.69, 9.17) is 5.73 Å². The van der Waals surface area contributed by atoms with Gasteiger partial charge < -0.3 is 10.6 Å². The number of rotatable bonds is 1. The summed E-state index contributed by atoms with van der Waals surface area (Å²) in [6.45, 7) is 6.12. The van der Waals surface area contributed by atoms with Gasteiger partial charge in [-0.15, -0.1) is 0 Å². The van der Waals surface area contributed by atoms with Crippen molar-refractivity contribution in [3.63, 3.8) is 0 Å². The summed E-state index contributed by atoms with van der Waals surface area (Å²) in [5.74, 6) is 0.587. The van der Waals surface area contributed by atoms with Crippen molar-refractivity contribution < 1.29 is 4.79 Å². The molecule has 0 aromatic carbocycles. The summed E-state index contributed by atoms with van der Waals surface area (Å²) in [6.07, 6.45) is 5.70. The first-order valence-electron chi connectivity index (χ1n) is 6.55. The van der Waals surface area contributed by atoms with Gasteiger partial charge in [0.15, 0.2) is 0 Å². The second kappa shape index (κ2) is 4.36. The van der Waals surface area contributed by atoms with E-state index in [0.717, 1.165) is 25.9 Å². The molecule has 2 unspecified atom stereocenters. The molecule has 1 aliphatic carbocycles. The van der Waals surface area contributed by atoms with Gasteiger partial charge in [-0.3, -0.25) is 4.79 Å². The molecular weight excluding hydrogens is 200 g/mol. The maximum Gasteiger partial charge on any atom is 0.226 e. The monoisotopic (exact) mass is 224 g/mol. The molecule has 92 valence electrons. The molecule has 3 heteroatoms. The van der Waals surface area contributed by atoms with Crippen molar-refractivity contribution in [2.75, 3.05) is 13.1 Å². The molecule has 0 radical (unpaired) electrons. The van der Waals surface area contributed by atoms with Gasteiger partial charge in [0.2, 0.25) is 5.91 Å². The summed E-state index contributed by atoms with van der Waals surface area (Å²) < 4.78 is 0. The molecule has 2 aliphatic rings. The summed E-state index contributed by atoms with van der Waals surface area (Å²) in [4.78, 5) is 14.4. The van der Waals surface area contributed by atoms with Gasteiger partial charge in [-0.05, 0) is 24.7 Å². The Balaban J connectivity index is 2.03. The normalized spacial score (nSPS) is 34.1. The zero-order valence-electron chi connectivity index (χ0n) is 10.5. The zero-order chi connectivity index (χ0) is 11.8. The Morgan fingerprint density at radius 3 is 2.62 bits per heavy atom. The van der Waals surface area contributed by atoms with Gasteiger partial charge in [-0.1, -0.05) is 26.7 Å². The number of hydrogen-bond acceptors (Lipinski definition) is 2. The number of likely N-dealkylation sites (tertiary alicyclic amines) is 1. The molecule has 2 atom stereocenters. The molecule has 1 heterocycles. The Morgan fingerprint density at radius 1 is 1.31 bits per heavy atom. The standard InChI is InChI=1S/C13H24N2O/c1-13(2)7-4-3-5-11(13)12(16)15-8-6-10(14)9-15/h10-11H,3-9,14H2,1-2H3. The van der Waals surface area contributed by atoms with Gasteiger partial charge >= 0.3 is 0 Å². The van der Waals surface area contributed by atoms with Crippen LogP contribution >= 0.6 is 0 Å². The summed E-state index contributed by atoms with van der Waals surface area (Å²) in [5, 5.41) is 0. The minimum Gasteiger partial charge on any atom is -0.341 e. The summed E-state index contributed by atoms with van der Waals surface area (Å²) >= 11 is 0. The maximum atomic E-state index is 12.4. The Kier molecular flexibility index (Phi) is 3.24. The third-order valence-corrected chi connectivity index (χ3v) is 4.34. The Morgan fingerprint density at radius 2 is 2.06 bits per heavy atom. The Labute approximate surface area is 98.4 Å². The van der Waals surface area contributed by atoms with Crippen LogP contribution in [-0.4, -0.2) is 29.9 Å². The highest BCUT2D eigenvalue weighted by Crippen LogP contribution is 2.41. The molecule has 0 spiro atoms. The summed E-state index contributed by atoms with van der Waals surface area (Å²) in [6, 6.07) is 0.204. The predicted octanol–water partition coefficient (Wildman–Crippen LogP) is 1.76. The number of carbonyl (C=O) groups is 1. The second-order valence-corrected chi connectivity index (χ2v) is 6.12. The van der Waals surface area contributed by atoms with Gasteiger partial charge in [0, 0.05) is 25.0 Å². The van der Waals surface area contributed by atoms with Crippen molar-refractivity contribution in [3.8, 4) is 0 Å². The largest absolute Gasteiger partial charge is 0.341 e. The third-order valence-electron chi connectivity index (χ3n) is 4.34. The second-order valence-electron chi connectivity index (χ2n) is 6.12. The molecule has 2 rings (SSSR count). The van der Waals surface area contributed by atoms with Gasteiger partial charge in [0.1, 0.15) is 0 Å². The molecule has 0 aromatic rings. The van der Waals surface area contributed by atoms with Crippen molar-refractivity contribution in [2.45, 2.75) is 52.0 Å². The van der Waals surface area contributed by atoms with E-state index in [1.165, 1.54) is 19.3 Å². The highest BCUT2D eigenvalue weighted by atomic mass is 16.2.